The Morgan fingerprint density at radius 1 is 1.10 bits per heavy atom. The molecule has 0 radical (unpaired) electrons. The topological polar surface area (TPSA) is 54.9 Å². The first-order valence-electron chi connectivity index (χ1n) is 6.66. The monoisotopic (exact) mass is 297 g/mol. The summed E-state index contributed by atoms with van der Waals surface area (Å²) in [5, 5.41) is 7.00. The molecule has 21 heavy (non-hydrogen) atoms. The average molecular weight is 297 g/mol. The lowest BCUT2D eigenvalue weighted by Gasteiger charge is -2.12. The van der Waals surface area contributed by atoms with Crippen LogP contribution in [0.15, 0.2) is 30.3 Å². The molecular formula is C16H15N3OS. The molecule has 0 spiro atoms. The Morgan fingerprint density at radius 3 is 2.52 bits per heavy atom. The Labute approximate surface area is 127 Å². The van der Waals surface area contributed by atoms with Crippen LogP contribution in [-0.2, 0) is 0 Å². The van der Waals surface area contributed by atoms with Gasteiger partial charge in [0.1, 0.15) is 5.52 Å². The highest BCUT2D eigenvalue weighted by Gasteiger charge is 2.11. The number of nitrogens with zero attached hydrogens (tertiary/aromatic N) is 2. The van der Waals surface area contributed by atoms with Gasteiger partial charge in [-0.3, -0.25) is 4.79 Å². The molecule has 0 atom stereocenters. The summed E-state index contributed by atoms with van der Waals surface area (Å²) in [6, 6.07) is 9.58. The molecule has 0 aliphatic heterocycles. The fourth-order valence-electron chi connectivity index (χ4n) is 2.49. The third-order valence-corrected chi connectivity index (χ3v) is 4.13. The minimum atomic E-state index is -0.125. The Morgan fingerprint density at radius 2 is 1.81 bits per heavy atom. The molecule has 0 saturated carbocycles. The Hall–Kier alpha value is -2.27. The Bertz CT molecular complexity index is 815. The van der Waals surface area contributed by atoms with Crippen molar-refractivity contribution < 1.29 is 4.79 Å². The van der Waals surface area contributed by atoms with E-state index in [9.17, 15) is 4.79 Å². The predicted molar refractivity (Wildman–Crippen MR) is 86.0 cm³/mol. The van der Waals surface area contributed by atoms with Crippen molar-refractivity contribution in [1.29, 1.82) is 0 Å². The second-order valence-corrected chi connectivity index (χ2v) is 5.97. The molecule has 1 heterocycles. The molecule has 1 aromatic heterocycles. The third kappa shape index (κ3) is 2.64. The smallest absolute Gasteiger partial charge is 0.255 e. The largest absolute Gasteiger partial charge is 0.322 e. The molecule has 0 bridgehead atoms. The first-order valence-corrected chi connectivity index (χ1v) is 7.43. The number of carbonyl (C=O) groups is 1. The van der Waals surface area contributed by atoms with Crippen molar-refractivity contribution in [3.05, 3.63) is 52.6 Å². The van der Waals surface area contributed by atoms with Gasteiger partial charge in [0, 0.05) is 11.3 Å². The summed E-state index contributed by atoms with van der Waals surface area (Å²) in [4.78, 5) is 12.4. The number of fused-ring (bicyclic) bond motifs is 1. The summed E-state index contributed by atoms with van der Waals surface area (Å²) in [6.45, 7) is 6.06. The van der Waals surface area contributed by atoms with E-state index in [1.807, 2.05) is 19.9 Å². The van der Waals surface area contributed by atoms with Crippen molar-refractivity contribution >= 4 is 33.3 Å². The molecule has 5 heteroatoms. The zero-order valence-electron chi connectivity index (χ0n) is 12.1. The van der Waals surface area contributed by atoms with Crippen LogP contribution in [-0.4, -0.2) is 15.5 Å². The van der Waals surface area contributed by atoms with Crippen molar-refractivity contribution in [3.8, 4) is 0 Å². The van der Waals surface area contributed by atoms with Crippen LogP contribution in [0.2, 0.25) is 0 Å². The number of rotatable bonds is 2. The van der Waals surface area contributed by atoms with Crippen LogP contribution in [0.4, 0.5) is 5.69 Å². The van der Waals surface area contributed by atoms with Crippen LogP contribution in [0.25, 0.3) is 10.2 Å². The van der Waals surface area contributed by atoms with Gasteiger partial charge in [0.15, 0.2) is 0 Å². The normalized spacial score (nSPS) is 10.8. The number of aromatic nitrogens is 2. The van der Waals surface area contributed by atoms with Gasteiger partial charge in [-0.05, 0) is 61.6 Å². The van der Waals surface area contributed by atoms with E-state index >= 15 is 0 Å². The molecule has 0 aliphatic carbocycles. The third-order valence-electron chi connectivity index (χ3n) is 3.42. The fraction of sp³-hybridized carbons (Fsp3) is 0.188. The maximum absolute atomic E-state index is 12.4. The quantitative estimate of drug-likeness (QED) is 0.781. The van der Waals surface area contributed by atoms with Crippen LogP contribution in [0.5, 0.6) is 0 Å². The minimum absolute atomic E-state index is 0.125. The predicted octanol–water partition coefficient (Wildman–Crippen LogP) is 3.87. The van der Waals surface area contributed by atoms with Crippen LogP contribution >= 0.6 is 11.5 Å². The summed E-state index contributed by atoms with van der Waals surface area (Å²) < 4.78 is 4.86. The zero-order valence-corrected chi connectivity index (χ0v) is 12.9. The molecule has 0 saturated heterocycles. The van der Waals surface area contributed by atoms with E-state index in [1.54, 1.807) is 12.1 Å². The molecule has 4 nitrogen and oxygen atoms in total. The number of hydrogen-bond acceptors (Lipinski definition) is 4. The standard InChI is InChI=1S/C16H15N3OS/c1-9-6-10(2)15(11(3)7-9)17-16(20)12-4-5-14-13(8-12)18-19-21-14/h4-8H,1-3H3,(H,17,20). The van der Waals surface area contributed by atoms with Crippen molar-refractivity contribution in [2.75, 3.05) is 5.32 Å². The van der Waals surface area contributed by atoms with Gasteiger partial charge in [-0.1, -0.05) is 22.2 Å². The molecule has 106 valence electrons. The summed E-state index contributed by atoms with van der Waals surface area (Å²) in [7, 11) is 0. The Kier molecular flexibility index (Phi) is 3.43. The summed E-state index contributed by atoms with van der Waals surface area (Å²) in [5.41, 5.74) is 5.55. The Balaban J connectivity index is 1.92. The lowest BCUT2D eigenvalue weighted by Crippen LogP contribution is -2.13. The molecule has 1 amide bonds. The highest BCUT2D eigenvalue weighted by Crippen LogP contribution is 2.23. The second-order valence-electron chi connectivity index (χ2n) is 5.18. The average Bonchev–Trinajstić information content (AvgIpc) is 2.89. The number of anilines is 1. The summed E-state index contributed by atoms with van der Waals surface area (Å²) in [5.74, 6) is -0.125. The lowest BCUT2D eigenvalue weighted by atomic mass is 10.0. The first kappa shape index (κ1) is 13.7. The van der Waals surface area contributed by atoms with Crippen molar-refractivity contribution in [2.45, 2.75) is 20.8 Å². The van der Waals surface area contributed by atoms with Crippen LogP contribution in [0.3, 0.4) is 0 Å². The van der Waals surface area contributed by atoms with E-state index in [4.69, 9.17) is 0 Å². The van der Waals surface area contributed by atoms with Gasteiger partial charge in [-0.25, -0.2) is 0 Å². The van der Waals surface area contributed by atoms with Gasteiger partial charge in [-0.2, -0.15) is 0 Å². The van der Waals surface area contributed by atoms with Crippen molar-refractivity contribution in [2.24, 2.45) is 0 Å². The maximum Gasteiger partial charge on any atom is 0.255 e. The van der Waals surface area contributed by atoms with Gasteiger partial charge in [0.25, 0.3) is 5.91 Å². The number of amides is 1. The summed E-state index contributed by atoms with van der Waals surface area (Å²) in [6.07, 6.45) is 0. The molecule has 0 fully saturated rings. The molecule has 3 rings (SSSR count). The van der Waals surface area contributed by atoms with Gasteiger partial charge in [0.2, 0.25) is 0 Å². The van der Waals surface area contributed by atoms with E-state index in [2.05, 4.69) is 34.0 Å². The summed E-state index contributed by atoms with van der Waals surface area (Å²) >= 11 is 1.33. The molecule has 2 aromatic carbocycles. The fourth-order valence-corrected chi connectivity index (χ4v) is 3.02. The van der Waals surface area contributed by atoms with Crippen LogP contribution in [0.1, 0.15) is 27.0 Å². The highest BCUT2D eigenvalue weighted by atomic mass is 32.1. The zero-order chi connectivity index (χ0) is 15.0. The van der Waals surface area contributed by atoms with Crippen LogP contribution < -0.4 is 5.32 Å². The number of aryl methyl sites for hydroxylation is 3. The van der Waals surface area contributed by atoms with E-state index in [1.165, 1.54) is 17.1 Å². The van der Waals surface area contributed by atoms with Gasteiger partial charge in [-0.15, -0.1) is 5.10 Å². The van der Waals surface area contributed by atoms with Crippen molar-refractivity contribution in [3.63, 3.8) is 0 Å². The van der Waals surface area contributed by atoms with Crippen LogP contribution in [0, 0.1) is 20.8 Å². The van der Waals surface area contributed by atoms with E-state index in [0.717, 1.165) is 27.0 Å². The SMILES string of the molecule is Cc1cc(C)c(NC(=O)c2ccc3snnc3c2)c(C)c1. The van der Waals surface area contributed by atoms with Crippen molar-refractivity contribution in [1.82, 2.24) is 9.59 Å². The lowest BCUT2D eigenvalue weighted by molar-refractivity contribution is 0.102. The molecule has 3 aromatic rings. The number of carbonyl (C=O) groups excluding carboxylic acids is 1. The van der Waals surface area contributed by atoms with Gasteiger partial charge < -0.3 is 5.32 Å². The first-order chi connectivity index (χ1) is 10.0. The van der Waals surface area contributed by atoms with Gasteiger partial charge >= 0.3 is 0 Å². The van der Waals surface area contributed by atoms with Gasteiger partial charge in [0.05, 0.1) is 4.70 Å². The maximum atomic E-state index is 12.4. The number of benzene rings is 2. The number of hydrogen-bond donors (Lipinski definition) is 1. The molecule has 0 aliphatic rings. The molecular weight excluding hydrogens is 282 g/mol. The molecule has 0 unspecified atom stereocenters. The highest BCUT2D eigenvalue weighted by molar-refractivity contribution is 7.12. The minimum Gasteiger partial charge on any atom is -0.322 e. The molecule has 1 N–H and O–H groups in total. The van der Waals surface area contributed by atoms with E-state index < -0.39 is 0 Å². The van der Waals surface area contributed by atoms with E-state index in [-0.39, 0.29) is 5.91 Å². The second kappa shape index (κ2) is 5.26. The number of nitrogens with one attached hydrogen (secondary N) is 1. The van der Waals surface area contributed by atoms with E-state index in [0.29, 0.717) is 5.56 Å².